The molecule has 516 valence electrons. The Hall–Kier alpha value is -10.8. The van der Waals surface area contributed by atoms with Crippen molar-refractivity contribution >= 4 is 83.6 Å². The summed E-state index contributed by atoms with van der Waals surface area (Å²) in [4.78, 5) is 97.5. The van der Waals surface area contributed by atoms with Crippen molar-refractivity contribution in [1.29, 1.82) is 5.26 Å². The van der Waals surface area contributed by atoms with E-state index in [4.69, 9.17) is 62.3 Å². The van der Waals surface area contributed by atoms with Gasteiger partial charge in [-0.3, -0.25) is 20.2 Å². The summed E-state index contributed by atoms with van der Waals surface area (Å²) < 4.78 is 23.8. The van der Waals surface area contributed by atoms with Crippen LogP contribution in [-0.2, 0) is 28.6 Å². The number of esters is 3. The number of ketones is 2. The number of carbonyl (C=O) groups is 7. The number of aryl methyl sites for hydroxylation is 4. The molecule has 0 unspecified atom stereocenters. The number of aliphatic hydroxyl groups excluding tert-OH is 1. The Morgan fingerprint density at radius 3 is 1.22 bits per heavy atom. The molecule has 96 heavy (non-hydrogen) atoms. The van der Waals surface area contributed by atoms with E-state index < -0.39 is 23.9 Å². The van der Waals surface area contributed by atoms with Crippen LogP contribution >= 0.6 is 12.4 Å². The summed E-state index contributed by atoms with van der Waals surface area (Å²) in [5.41, 5.74) is 29.7. The van der Waals surface area contributed by atoms with Crippen molar-refractivity contribution in [2.45, 2.75) is 122 Å². The molecule has 0 saturated heterocycles. The number of carboxylic acid groups (broad SMARTS) is 1. The number of halogens is 1. The second-order valence-electron chi connectivity index (χ2n) is 20.7. The average molecular weight is 1350 g/mol. The third-order valence-corrected chi connectivity index (χ3v) is 13.9. The molecule has 0 spiro atoms. The summed E-state index contributed by atoms with van der Waals surface area (Å²) in [5.74, 6) is 4.96. The molecular formula is C68H87ClN12O15. The van der Waals surface area contributed by atoms with Gasteiger partial charge in [0.1, 0.15) is 39.9 Å². The highest BCUT2D eigenvalue weighted by Crippen LogP contribution is 2.35. The zero-order valence-corrected chi connectivity index (χ0v) is 55.6. The minimum Gasteiger partial charge on any atom is -0.478 e. The maximum atomic E-state index is 12.3. The largest absolute Gasteiger partial charge is 0.478 e. The Balaban J connectivity index is 0.000000609. The fourth-order valence-corrected chi connectivity index (χ4v) is 8.38. The molecule has 28 heteroatoms. The first-order valence-electron chi connectivity index (χ1n) is 29.9. The molecule has 0 bridgehead atoms. The van der Waals surface area contributed by atoms with E-state index in [1.807, 2.05) is 71.0 Å². The van der Waals surface area contributed by atoms with Crippen LogP contribution in [0.3, 0.4) is 0 Å². The minimum absolute atomic E-state index is 0. The molecule has 0 amide bonds. The lowest BCUT2D eigenvalue weighted by atomic mass is 10.0. The summed E-state index contributed by atoms with van der Waals surface area (Å²) in [6.07, 6.45) is 12.8. The molecule has 0 atom stereocenters. The van der Waals surface area contributed by atoms with Gasteiger partial charge in [0, 0.05) is 42.2 Å². The molecule has 2 fully saturated rings. The lowest BCUT2D eigenvalue weighted by Crippen LogP contribution is -2.10. The van der Waals surface area contributed by atoms with E-state index in [1.165, 1.54) is 44.8 Å². The van der Waals surface area contributed by atoms with E-state index in [1.54, 1.807) is 65.0 Å². The van der Waals surface area contributed by atoms with Crippen LogP contribution in [0.2, 0.25) is 0 Å². The van der Waals surface area contributed by atoms with E-state index in [0.29, 0.717) is 65.1 Å². The monoisotopic (exact) mass is 1350 g/mol. The number of aliphatic hydroxyl groups is 1. The van der Waals surface area contributed by atoms with Gasteiger partial charge in [0.25, 0.3) is 6.47 Å². The highest BCUT2D eigenvalue weighted by atomic mass is 35.5. The topological polar surface area (TPSA) is 424 Å². The van der Waals surface area contributed by atoms with Crippen molar-refractivity contribution in [2.24, 2.45) is 17.7 Å². The fraction of sp³-hybridized carbons (Fsp3) is 0.353. The standard InChI is InChI=1S/2C18H21N3O3.C14H15N3O4.C8H10N2O2.C6H9N.C2H6O.CO2.CH4.ClH/c2*1-3-24-18(23)14-10-20-21(17(14)19)15-9-13(7-4-11(15)2)16(22)8-12-5-6-12;1-3-21-14(20)10-7-16-17(12(10)15)11-6-9(13(18)19)5-4-8(11)2;1-6-2-3-7(12-5-11)4-8(6)10-9;1-3-6(4-2)5-7;1-2-3;2-1-3;;/h2*4,7,9-10,12H,3,5-6,8,19H2,1-2H3;4-7H,3,15H2,1-2H3,(H,18,19);2-5,10H,9H2,1H3;3H,4H2,1-2H3;3H,2H2,1H3;;1H4;1H/b;;;;6-3+;;;;. The third kappa shape index (κ3) is 24.9. The number of aromatic nitrogens is 6. The van der Waals surface area contributed by atoms with Crippen molar-refractivity contribution in [3.63, 3.8) is 0 Å². The number of benzene rings is 4. The number of hydrogen-bond donors (Lipinski definition) is 7. The number of nitrogens with one attached hydrogen (secondary N) is 1. The molecule has 0 radical (unpaired) electrons. The number of carboxylic acids is 1. The minimum atomic E-state index is -1.05. The first-order chi connectivity index (χ1) is 44.9. The summed E-state index contributed by atoms with van der Waals surface area (Å²) >= 11 is 0. The van der Waals surface area contributed by atoms with Gasteiger partial charge in [-0.15, -0.1) is 12.4 Å². The molecule has 4 aromatic carbocycles. The van der Waals surface area contributed by atoms with E-state index in [9.17, 15) is 33.6 Å². The number of ether oxygens (including phenoxy) is 4. The first-order valence-corrected chi connectivity index (χ1v) is 29.9. The number of hydrazine groups is 1. The van der Waals surface area contributed by atoms with Crippen LogP contribution in [-0.4, -0.2) is 114 Å². The van der Waals surface area contributed by atoms with Crippen LogP contribution in [0.1, 0.15) is 178 Å². The van der Waals surface area contributed by atoms with E-state index in [2.05, 4.69) is 31.5 Å². The predicted octanol–water partition coefficient (Wildman–Crippen LogP) is 10.6. The number of nitriles is 1. The summed E-state index contributed by atoms with van der Waals surface area (Å²) in [5, 5.41) is 37.3. The second-order valence-corrected chi connectivity index (χ2v) is 20.7. The first kappa shape index (κ1) is 83.2. The zero-order chi connectivity index (χ0) is 70.2. The zero-order valence-electron chi connectivity index (χ0n) is 54.8. The van der Waals surface area contributed by atoms with Gasteiger partial charge in [-0.25, -0.2) is 33.2 Å². The van der Waals surface area contributed by atoms with Gasteiger partial charge in [0.2, 0.25) is 0 Å². The predicted molar refractivity (Wildman–Crippen MR) is 363 cm³/mol. The molecule has 3 heterocycles. The quantitative estimate of drug-likeness (QED) is 0.00709. The van der Waals surface area contributed by atoms with Crippen LogP contribution < -0.4 is 33.2 Å². The highest BCUT2D eigenvalue weighted by molar-refractivity contribution is 5.99. The van der Waals surface area contributed by atoms with E-state index in [0.717, 1.165) is 65.6 Å². The Morgan fingerprint density at radius 1 is 0.615 bits per heavy atom. The number of nitrogen functional groups attached to an aromatic ring is 4. The smallest absolute Gasteiger partial charge is 0.373 e. The molecule has 2 saturated carbocycles. The number of nitrogens with zero attached hydrogens (tertiary/aromatic N) is 7. The van der Waals surface area contributed by atoms with Crippen LogP contribution in [0.4, 0.5) is 23.1 Å². The van der Waals surface area contributed by atoms with Gasteiger partial charge in [0.15, 0.2) is 11.6 Å². The average Bonchev–Trinajstić information content (AvgIpc) is 1.61. The van der Waals surface area contributed by atoms with Crippen molar-refractivity contribution in [2.75, 3.05) is 49.1 Å². The van der Waals surface area contributed by atoms with Crippen LogP contribution in [0.5, 0.6) is 5.75 Å². The lowest BCUT2D eigenvalue weighted by molar-refractivity contribution is -0.191. The lowest BCUT2D eigenvalue weighted by Gasteiger charge is -2.10. The van der Waals surface area contributed by atoms with Gasteiger partial charge >= 0.3 is 30.0 Å². The number of hydrogen-bond acceptors (Lipinski definition) is 23. The fourth-order valence-electron chi connectivity index (χ4n) is 8.38. The Bertz CT molecular complexity index is 3720. The van der Waals surface area contributed by atoms with Crippen LogP contribution in [0.15, 0.2) is 103 Å². The van der Waals surface area contributed by atoms with Crippen LogP contribution in [0.25, 0.3) is 17.1 Å². The van der Waals surface area contributed by atoms with Gasteiger partial charge in [-0.2, -0.15) is 30.1 Å². The van der Waals surface area contributed by atoms with E-state index in [-0.39, 0.29) is 104 Å². The molecule has 2 aliphatic rings. The normalized spacial score (nSPS) is 11.3. The van der Waals surface area contributed by atoms with Gasteiger partial charge < -0.3 is 51.8 Å². The van der Waals surface area contributed by atoms with Gasteiger partial charge in [-0.05, 0) is 159 Å². The number of allylic oxidation sites excluding steroid dienone is 2. The molecule has 2 aliphatic carbocycles. The van der Waals surface area contributed by atoms with Gasteiger partial charge in [-0.1, -0.05) is 56.8 Å². The second kappa shape index (κ2) is 42.4. The van der Waals surface area contributed by atoms with E-state index >= 15 is 0 Å². The number of carbonyl (C=O) groups excluding carboxylic acids is 8. The summed E-state index contributed by atoms with van der Waals surface area (Å²) in [7, 11) is 0. The number of nitrogens with two attached hydrogens (primary N) is 4. The number of Topliss-reactive ketones (excluding diaryl/α,β-unsaturated/α-hetero) is 2. The Kier molecular flexibility index (Phi) is 36.8. The Morgan fingerprint density at radius 2 is 0.948 bits per heavy atom. The van der Waals surface area contributed by atoms with Crippen molar-refractivity contribution < 1.29 is 72.3 Å². The molecule has 11 N–H and O–H groups in total. The molecule has 27 nitrogen and oxygen atoms in total. The Labute approximate surface area is 564 Å². The third-order valence-electron chi connectivity index (χ3n) is 13.9. The molecule has 3 aromatic heterocycles. The maximum Gasteiger partial charge on any atom is 0.373 e. The summed E-state index contributed by atoms with van der Waals surface area (Å²) in [6, 6.07) is 22.8. The van der Waals surface area contributed by atoms with Crippen molar-refractivity contribution in [3.8, 4) is 28.9 Å². The molecular weight excluding hydrogens is 1260 g/mol. The SMILES string of the molecule is C.C/C=C(/C#N)CC.CCO.CCOC(=O)c1cnn(-c2cc(C(=O)CC3CC3)ccc2C)c1N.CCOC(=O)c1cnn(-c2cc(C(=O)CC3CC3)ccc2C)c1N.CCOC(=O)c1cnn(-c2cc(C(=O)O)ccc2C)c1N.Cc1ccc(OC=O)cc1NN.Cl.O=C=O. The molecule has 7 aromatic rings. The van der Waals surface area contributed by atoms with Crippen molar-refractivity contribution in [3.05, 3.63) is 159 Å². The van der Waals surface area contributed by atoms with Crippen LogP contribution in [0, 0.1) is 50.9 Å². The highest BCUT2D eigenvalue weighted by Gasteiger charge is 2.28. The number of rotatable bonds is 20. The van der Waals surface area contributed by atoms with Crippen molar-refractivity contribution in [1.82, 2.24) is 29.3 Å². The van der Waals surface area contributed by atoms with Gasteiger partial charge in [0.05, 0.1) is 72.8 Å². The molecule has 0 aliphatic heterocycles. The summed E-state index contributed by atoms with van der Waals surface area (Å²) in [6.45, 7) is 19.6. The number of anilines is 4. The number of aromatic carboxylic acids is 1. The maximum absolute atomic E-state index is 12.3. The molecule has 9 rings (SSSR count).